The first-order valence-corrected chi connectivity index (χ1v) is 11.2. The Balaban J connectivity index is 1.20. The van der Waals surface area contributed by atoms with Crippen molar-refractivity contribution in [2.45, 2.75) is 19.4 Å². The topological polar surface area (TPSA) is 73.2 Å². The van der Waals surface area contributed by atoms with Crippen molar-refractivity contribution in [1.82, 2.24) is 24.7 Å². The molecule has 3 amide bonds. The highest BCUT2D eigenvalue weighted by Gasteiger charge is 2.26. The molecule has 0 saturated carbocycles. The molecular formula is C24H28N6O2. The summed E-state index contributed by atoms with van der Waals surface area (Å²) in [4.78, 5) is 30.4. The zero-order chi connectivity index (χ0) is 21.9. The van der Waals surface area contributed by atoms with Crippen molar-refractivity contribution in [3.63, 3.8) is 0 Å². The lowest BCUT2D eigenvalue weighted by atomic mass is 10.1. The summed E-state index contributed by atoms with van der Waals surface area (Å²) in [5.41, 5.74) is 4.22. The fraction of sp³-hybridized carbons (Fsp3) is 0.375. The molecule has 0 spiro atoms. The third-order valence-corrected chi connectivity index (χ3v) is 6.34. The van der Waals surface area contributed by atoms with Crippen LogP contribution in [0.4, 0.5) is 10.5 Å². The number of benzene rings is 1. The van der Waals surface area contributed by atoms with E-state index in [0.29, 0.717) is 13.0 Å². The number of piperazine rings is 1. The molecule has 5 rings (SSSR count). The van der Waals surface area contributed by atoms with Crippen LogP contribution in [0.3, 0.4) is 0 Å². The number of amides is 3. The van der Waals surface area contributed by atoms with Crippen molar-refractivity contribution in [3.8, 4) is 0 Å². The molecule has 3 aromatic rings. The van der Waals surface area contributed by atoms with Gasteiger partial charge in [0, 0.05) is 58.4 Å². The molecule has 2 saturated heterocycles. The number of hydrogen-bond acceptors (Lipinski definition) is 5. The average molecular weight is 433 g/mol. The fourth-order valence-corrected chi connectivity index (χ4v) is 4.47. The third-order valence-electron chi connectivity index (χ3n) is 6.34. The molecule has 2 aromatic heterocycles. The van der Waals surface area contributed by atoms with Crippen LogP contribution in [0.25, 0.3) is 5.52 Å². The molecule has 166 valence electrons. The number of carbonyl (C=O) groups excluding carboxylic acids is 2. The molecule has 0 radical (unpaired) electrons. The molecule has 2 aliphatic heterocycles. The predicted octanol–water partition coefficient (Wildman–Crippen LogP) is 2.14. The van der Waals surface area contributed by atoms with Crippen LogP contribution in [0, 0.1) is 0 Å². The van der Waals surface area contributed by atoms with Crippen LogP contribution in [0.1, 0.15) is 17.5 Å². The summed E-state index contributed by atoms with van der Waals surface area (Å²) in [6.07, 6.45) is 5.03. The fourth-order valence-electron chi connectivity index (χ4n) is 4.47. The largest absolute Gasteiger partial charge is 0.328 e. The Kier molecular flexibility index (Phi) is 5.87. The Bertz CT molecular complexity index is 1100. The van der Waals surface area contributed by atoms with Gasteiger partial charge in [-0.3, -0.25) is 19.9 Å². The highest BCUT2D eigenvalue weighted by Crippen LogP contribution is 2.24. The highest BCUT2D eigenvalue weighted by atomic mass is 16.2. The van der Waals surface area contributed by atoms with E-state index in [1.165, 1.54) is 11.1 Å². The summed E-state index contributed by atoms with van der Waals surface area (Å²) in [5.74, 6) is -0.230. The minimum atomic E-state index is -0.381. The van der Waals surface area contributed by atoms with Crippen LogP contribution in [-0.2, 0) is 17.8 Å². The molecule has 4 heterocycles. The molecule has 0 atom stereocenters. The second kappa shape index (κ2) is 9.10. The Morgan fingerprint density at radius 3 is 2.47 bits per heavy atom. The number of carbonyl (C=O) groups is 2. The number of fused-ring (bicyclic) bond motifs is 1. The quantitative estimate of drug-likeness (QED) is 0.646. The van der Waals surface area contributed by atoms with Gasteiger partial charge in [0.15, 0.2) is 0 Å². The standard InChI is InChI=1S/C24H28N6O2/c31-23-8-10-29(24(32)26-23)22-17-25-30-11-7-20(16-21(22)30)18-28-14-12-27(13-15-28)9-6-19-4-2-1-3-5-19/h1-5,7,11,16-17H,6,8-10,12-15,18H2,(H,26,31,32). The minimum absolute atomic E-state index is 0.230. The molecule has 1 N–H and O–H groups in total. The summed E-state index contributed by atoms with van der Waals surface area (Å²) in [6.45, 7) is 6.60. The lowest BCUT2D eigenvalue weighted by molar-refractivity contribution is -0.120. The smallest absolute Gasteiger partial charge is 0.300 e. The lowest BCUT2D eigenvalue weighted by Gasteiger charge is -2.34. The van der Waals surface area contributed by atoms with E-state index >= 15 is 0 Å². The maximum absolute atomic E-state index is 12.3. The number of urea groups is 1. The molecule has 0 unspecified atom stereocenters. The van der Waals surface area contributed by atoms with Crippen molar-refractivity contribution in [3.05, 3.63) is 66.0 Å². The SMILES string of the molecule is O=C1CCN(c2cnn3ccc(CN4CCN(CCc5ccccc5)CC4)cc23)C(=O)N1. The predicted molar refractivity (Wildman–Crippen MR) is 123 cm³/mol. The number of pyridine rings is 1. The summed E-state index contributed by atoms with van der Waals surface area (Å²) in [5, 5.41) is 6.77. The molecule has 0 bridgehead atoms. The number of aromatic nitrogens is 2. The zero-order valence-electron chi connectivity index (χ0n) is 18.1. The summed E-state index contributed by atoms with van der Waals surface area (Å²) < 4.78 is 1.78. The number of nitrogens with one attached hydrogen (secondary N) is 1. The molecule has 2 aliphatic rings. The van der Waals surface area contributed by atoms with E-state index in [4.69, 9.17) is 0 Å². The van der Waals surface area contributed by atoms with Crippen molar-refractivity contribution in [2.75, 3.05) is 44.2 Å². The van der Waals surface area contributed by atoms with Gasteiger partial charge in [0.25, 0.3) is 0 Å². The molecule has 8 heteroatoms. The van der Waals surface area contributed by atoms with E-state index in [1.54, 1.807) is 15.6 Å². The molecule has 32 heavy (non-hydrogen) atoms. The molecule has 2 fully saturated rings. The van der Waals surface area contributed by atoms with Crippen LogP contribution >= 0.6 is 0 Å². The number of rotatable bonds is 6. The van der Waals surface area contributed by atoms with Gasteiger partial charge in [0.05, 0.1) is 17.4 Å². The van der Waals surface area contributed by atoms with Gasteiger partial charge in [-0.1, -0.05) is 30.3 Å². The van der Waals surface area contributed by atoms with Gasteiger partial charge < -0.3 is 4.90 Å². The van der Waals surface area contributed by atoms with Gasteiger partial charge in [-0.05, 0) is 29.7 Å². The van der Waals surface area contributed by atoms with Gasteiger partial charge in [-0.2, -0.15) is 5.10 Å². The summed E-state index contributed by atoms with van der Waals surface area (Å²) in [7, 11) is 0. The minimum Gasteiger partial charge on any atom is -0.300 e. The normalized spacial score (nSPS) is 18.3. The first kappa shape index (κ1) is 20.7. The number of hydrogen-bond donors (Lipinski definition) is 1. The second-order valence-corrected chi connectivity index (χ2v) is 8.50. The van der Waals surface area contributed by atoms with Crippen LogP contribution in [0.5, 0.6) is 0 Å². The third kappa shape index (κ3) is 4.51. The summed E-state index contributed by atoms with van der Waals surface area (Å²) in [6, 6.07) is 14.5. The zero-order valence-corrected chi connectivity index (χ0v) is 18.1. The molecular weight excluding hydrogens is 404 g/mol. The van der Waals surface area contributed by atoms with Crippen molar-refractivity contribution in [2.24, 2.45) is 0 Å². The maximum Gasteiger partial charge on any atom is 0.328 e. The average Bonchev–Trinajstić information content (AvgIpc) is 3.22. The van der Waals surface area contributed by atoms with E-state index in [0.717, 1.165) is 56.9 Å². The van der Waals surface area contributed by atoms with Gasteiger partial charge in [-0.15, -0.1) is 0 Å². The monoisotopic (exact) mass is 432 g/mol. The Morgan fingerprint density at radius 2 is 1.69 bits per heavy atom. The second-order valence-electron chi connectivity index (χ2n) is 8.50. The lowest BCUT2D eigenvalue weighted by Crippen LogP contribution is -2.49. The van der Waals surface area contributed by atoms with Crippen LogP contribution in [0.2, 0.25) is 0 Å². The summed E-state index contributed by atoms with van der Waals surface area (Å²) >= 11 is 0. The first-order valence-electron chi connectivity index (χ1n) is 11.2. The maximum atomic E-state index is 12.3. The van der Waals surface area contributed by atoms with Crippen LogP contribution < -0.4 is 10.2 Å². The molecule has 0 aliphatic carbocycles. The Labute approximate surface area is 187 Å². The Morgan fingerprint density at radius 1 is 0.906 bits per heavy atom. The van der Waals surface area contributed by atoms with E-state index in [1.807, 2.05) is 6.20 Å². The first-order chi connectivity index (χ1) is 15.7. The number of imide groups is 1. The van der Waals surface area contributed by atoms with Crippen molar-refractivity contribution in [1.29, 1.82) is 0 Å². The van der Waals surface area contributed by atoms with E-state index in [2.05, 4.69) is 62.7 Å². The van der Waals surface area contributed by atoms with Crippen LogP contribution in [0.15, 0.2) is 54.9 Å². The van der Waals surface area contributed by atoms with Gasteiger partial charge >= 0.3 is 6.03 Å². The van der Waals surface area contributed by atoms with Gasteiger partial charge in [0.1, 0.15) is 0 Å². The molecule has 8 nitrogen and oxygen atoms in total. The number of nitrogens with zero attached hydrogens (tertiary/aromatic N) is 5. The van der Waals surface area contributed by atoms with E-state index in [-0.39, 0.29) is 11.9 Å². The van der Waals surface area contributed by atoms with Crippen molar-refractivity contribution < 1.29 is 9.59 Å². The van der Waals surface area contributed by atoms with Crippen molar-refractivity contribution >= 4 is 23.1 Å². The van der Waals surface area contributed by atoms with Gasteiger partial charge in [-0.25, -0.2) is 9.31 Å². The highest BCUT2D eigenvalue weighted by molar-refractivity contribution is 6.07. The van der Waals surface area contributed by atoms with E-state index in [9.17, 15) is 9.59 Å². The van der Waals surface area contributed by atoms with Gasteiger partial charge in [0.2, 0.25) is 5.91 Å². The van der Waals surface area contributed by atoms with E-state index < -0.39 is 0 Å². The van der Waals surface area contributed by atoms with Crippen LogP contribution in [-0.4, -0.2) is 70.6 Å². The molecule has 1 aromatic carbocycles. The Hall–Kier alpha value is -3.23. The number of anilines is 1.